The van der Waals surface area contributed by atoms with Crippen LogP contribution in [0.4, 0.5) is 5.69 Å². The average Bonchev–Trinajstić information content (AvgIpc) is 2.73. The van der Waals surface area contributed by atoms with E-state index < -0.39 is 0 Å². The van der Waals surface area contributed by atoms with Crippen LogP contribution in [-0.4, -0.2) is 48.7 Å². The lowest BCUT2D eigenvalue weighted by molar-refractivity contribution is 0.0973. The molecule has 142 valence electrons. The molecule has 3 rings (SSSR count). The van der Waals surface area contributed by atoms with E-state index in [-0.39, 0.29) is 5.91 Å². The van der Waals surface area contributed by atoms with E-state index in [4.69, 9.17) is 17.0 Å². The predicted molar refractivity (Wildman–Crippen MR) is 113 cm³/mol. The molecule has 1 aliphatic rings. The number of nitrogens with zero attached hydrogens (tertiary/aromatic N) is 2. The molecule has 0 aliphatic carbocycles. The van der Waals surface area contributed by atoms with Gasteiger partial charge in [0, 0.05) is 37.4 Å². The highest BCUT2D eigenvalue weighted by molar-refractivity contribution is 7.80. The van der Waals surface area contributed by atoms with Gasteiger partial charge in [0.2, 0.25) is 0 Å². The minimum absolute atomic E-state index is 0.187. The van der Waals surface area contributed by atoms with Gasteiger partial charge in [0.1, 0.15) is 5.75 Å². The fourth-order valence-electron chi connectivity index (χ4n) is 2.98. The van der Waals surface area contributed by atoms with E-state index >= 15 is 0 Å². The van der Waals surface area contributed by atoms with E-state index in [0.717, 1.165) is 38.3 Å². The molecule has 0 bridgehead atoms. The Labute approximate surface area is 165 Å². The van der Waals surface area contributed by atoms with Crippen molar-refractivity contribution in [3.63, 3.8) is 0 Å². The van der Waals surface area contributed by atoms with E-state index in [0.29, 0.717) is 17.3 Å². The van der Waals surface area contributed by atoms with Crippen LogP contribution >= 0.6 is 12.2 Å². The summed E-state index contributed by atoms with van der Waals surface area (Å²) in [6.45, 7) is 6.07. The maximum atomic E-state index is 12.4. The molecular weight excluding hydrogens is 358 g/mol. The van der Waals surface area contributed by atoms with Gasteiger partial charge in [-0.3, -0.25) is 10.1 Å². The standard InChI is InChI=1S/C21H25N3O2S/c1-2-16-26-19-10-8-17(9-11-19)20(25)22-21(27)24-14-12-23(13-15-24)18-6-4-3-5-7-18/h3-11H,2,12-16H2,1H3,(H,22,25,27). The molecule has 1 amide bonds. The Kier molecular flexibility index (Phi) is 6.65. The minimum atomic E-state index is -0.187. The Balaban J connectivity index is 1.49. The van der Waals surface area contributed by atoms with Crippen LogP contribution < -0.4 is 15.0 Å². The van der Waals surface area contributed by atoms with Crippen LogP contribution in [0.5, 0.6) is 5.75 Å². The van der Waals surface area contributed by atoms with Crippen molar-refractivity contribution in [2.75, 3.05) is 37.7 Å². The smallest absolute Gasteiger partial charge is 0.257 e. The van der Waals surface area contributed by atoms with Crippen LogP contribution in [0.1, 0.15) is 23.7 Å². The maximum absolute atomic E-state index is 12.4. The number of carbonyl (C=O) groups is 1. The number of piperazine rings is 1. The van der Waals surface area contributed by atoms with Crippen LogP contribution in [-0.2, 0) is 0 Å². The molecular formula is C21H25N3O2S. The van der Waals surface area contributed by atoms with Gasteiger partial charge in [-0.25, -0.2) is 0 Å². The summed E-state index contributed by atoms with van der Waals surface area (Å²) in [6, 6.07) is 17.5. The predicted octanol–water partition coefficient (Wildman–Crippen LogP) is 3.31. The van der Waals surface area contributed by atoms with E-state index in [2.05, 4.69) is 29.3 Å². The lowest BCUT2D eigenvalue weighted by Crippen LogP contribution is -2.52. The molecule has 5 nitrogen and oxygen atoms in total. The molecule has 0 radical (unpaired) electrons. The van der Waals surface area contributed by atoms with Gasteiger partial charge >= 0.3 is 0 Å². The molecule has 2 aromatic carbocycles. The number of ether oxygens (including phenoxy) is 1. The molecule has 1 saturated heterocycles. The molecule has 0 unspecified atom stereocenters. The Bertz CT molecular complexity index is 757. The summed E-state index contributed by atoms with van der Waals surface area (Å²) < 4.78 is 5.54. The maximum Gasteiger partial charge on any atom is 0.257 e. The summed E-state index contributed by atoms with van der Waals surface area (Å²) in [5.74, 6) is 0.584. The average molecular weight is 384 g/mol. The Morgan fingerprint density at radius 1 is 1.04 bits per heavy atom. The number of rotatable bonds is 5. The summed E-state index contributed by atoms with van der Waals surface area (Å²) in [5.41, 5.74) is 1.79. The Morgan fingerprint density at radius 2 is 1.70 bits per heavy atom. The molecule has 1 aliphatic heterocycles. The Morgan fingerprint density at radius 3 is 2.33 bits per heavy atom. The molecule has 1 fully saturated rings. The highest BCUT2D eigenvalue weighted by Gasteiger charge is 2.20. The van der Waals surface area contributed by atoms with Gasteiger partial charge in [-0.05, 0) is 55.0 Å². The molecule has 0 aromatic heterocycles. The number of anilines is 1. The summed E-state index contributed by atoms with van der Waals surface area (Å²) in [5, 5.41) is 3.33. The normalized spacial score (nSPS) is 14.0. The number of benzene rings is 2. The van der Waals surface area contributed by atoms with Crippen molar-refractivity contribution in [1.29, 1.82) is 0 Å². The second-order valence-electron chi connectivity index (χ2n) is 6.44. The first-order valence-electron chi connectivity index (χ1n) is 9.30. The fourth-order valence-corrected chi connectivity index (χ4v) is 3.25. The van der Waals surface area contributed by atoms with E-state index in [1.54, 1.807) is 12.1 Å². The topological polar surface area (TPSA) is 44.8 Å². The first-order chi connectivity index (χ1) is 13.2. The van der Waals surface area contributed by atoms with Crippen molar-refractivity contribution >= 4 is 28.9 Å². The molecule has 6 heteroatoms. The summed E-state index contributed by atoms with van der Waals surface area (Å²) in [6.07, 6.45) is 0.952. The number of para-hydroxylation sites is 1. The van der Waals surface area contributed by atoms with Crippen molar-refractivity contribution in [3.8, 4) is 5.75 Å². The van der Waals surface area contributed by atoms with Gasteiger partial charge in [-0.2, -0.15) is 0 Å². The molecule has 1 heterocycles. The fraction of sp³-hybridized carbons (Fsp3) is 0.333. The largest absolute Gasteiger partial charge is 0.494 e. The van der Waals surface area contributed by atoms with Gasteiger partial charge in [-0.15, -0.1) is 0 Å². The lowest BCUT2D eigenvalue weighted by atomic mass is 10.2. The quantitative estimate of drug-likeness (QED) is 0.803. The van der Waals surface area contributed by atoms with Gasteiger partial charge in [0.15, 0.2) is 5.11 Å². The number of hydrogen-bond donors (Lipinski definition) is 1. The molecule has 2 aromatic rings. The van der Waals surface area contributed by atoms with Crippen LogP contribution in [0.15, 0.2) is 54.6 Å². The molecule has 0 saturated carbocycles. The summed E-state index contributed by atoms with van der Waals surface area (Å²) >= 11 is 5.44. The monoisotopic (exact) mass is 383 g/mol. The third-order valence-electron chi connectivity index (χ3n) is 4.50. The zero-order valence-electron chi connectivity index (χ0n) is 15.6. The van der Waals surface area contributed by atoms with Crippen molar-refractivity contribution in [1.82, 2.24) is 10.2 Å². The number of amides is 1. The minimum Gasteiger partial charge on any atom is -0.494 e. The van der Waals surface area contributed by atoms with Crippen LogP contribution in [0.2, 0.25) is 0 Å². The SMILES string of the molecule is CCCOc1ccc(C(=O)NC(=S)N2CCN(c3ccccc3)CC2)cc1. The number of nitrogens with one attached hydrogen (secondary N) is 1. The Hall–Kier alpha value is -2.60. The van der Waals surface area contributed by atoms with E-state index in [1.807, 2.05) is 35.2 Å². The molecule has 1 N–H and O–H groups in total. The van der Waals surface area contributed by atoms with Crippen molar-refractivity contribution < 1.29 is 9.53 Å². The lowest BCUT2D eigenvalue weighted by Gasteiger charge is -2.37. The number of thiocarbonyl (C=S) groups is 1. The second-order valence-corrected chi connectivity index (χ2v) is 6.83. The van der Waals surface area contributed by atoms with Gasteiger partial charge in [0.05, 0.1) is 6.61 Å². The molecule has 0 spiro atoms. The summed E-state index contributed by atoms with van der Waals surface area (Å²) in [7, 11) is 0. The van der Waals surface area contributed by atoms with E-state index in [9.17, 15) is 4.79 Å². The zero-order chi connectivity index (χ0) is 19.1. The van der Waals surface area contributed by atoms with Gasteiger partial charge in [0.25, 0.3) is 5.91 Å². The van der Waals surface area contributed by atoms with Crippen molar-refractivity contribution in [2.45, 2.75) is 13.3 Å². The molecule has 27 heavy (non-hydrogen) atoms. The van der Waals surface area contributed by atoms with E-state index in [1.165, 1.54) is 5.69 Å². The molecule has 0 atom stereocenters. The number of carbonyl (C=O) groups excluding carboxylic acids is 1. The van der Waals surface area contributed by atoms with Crippen LogP contribution in [0, 0.1) is 0 Å². The van der Waals surface area contributed by atoms with Crippen molar-refractivity contribution in [2.24, 2.45) is 0 Å². The van der Waals surface area contributed by atoms with Crippen LogP contribution in [0.25, 0.3) is 0 Å². The van der Waals surface area contributed by atoms with Gasteiger partial charge in [-0.1, -0.05) is 25.1 Å². The highest BCUT2D eigenvalue weighted by Crippen LogP contribution is 2.16. The second kappa shape index (κ2) is 9.37. The van der Waals surface area contributed by atoms with Crippen molar-refractivity contribution in [3.05, 3.63) is 60.2 Å². The highest BCUT2D eigenvalue weighted by atomic mass is 32.1. The zero-order valence-corrected chi connectivity index (χ0v) is 16.4. The van der Waals surface area contributed by atoms with Crippen LogP contribution in [0.3, 0.4) is 0 Å². The third-order valence-corrected chi connectivity index (χ3v) is 4.86. The number of hydrogen-bond acceptors (Lipinski definition) is 4. The first kappa shape index (κ1) is 19.2. The first-order valence-corrected chi connectivity index (χ1v) is 9.71. The third kappa shape index (κ3) is 5.20. The summed E-state index contributed by atoms with van der Waals surface area (Å²) in [4.78, 5) is 16.8. The van der Waals surface area contributed by atoms with Gasteiger partial charge < -0.3 is 14.5 Å².